The lowest BCUT2D eigenvalue weighted by Gasteiger charge is -2.27. The van der Waals surface area contributed by atoms with E-state index in [0.29, 0.717) is 16.5 Å². The lowest BCUT2D eigenvalue weighted by molar-refractivity contribution is 1.18. The monoisotopic (exact) mass is 762 g/mol. The molecule has 0 unspecified atom stereocenters. The lowest BCUT2D eigenvalue weighted by Crippen LogP contribution is -2.10. The number of nitrogens with zero attached hydrogens (tertiary/aromatic N) is 2. The molecule has 0 spiro atoms. The molecule has 0 amide bonds. The SMILES string of the molecule is [2H]c1c([2H])c([2H])c(-c2c([2H])c([2H])c(N(c3cc(-c4ccc(-n5c6ccccc6c6ccccc65)cc4)c4sc5ccccc5c4c3)c3c([2H])c([2H])c(-c4c([2H])c([2H])c([2H])c([2H])c4[2H])c([2H])c3[2H])c([2H])c2[2H])c([2H])c1[2H]. The molecule has 0 saturated heterocycles. The zero-order valence-corrected chi connectivity index (χ0v) is 30.5. The van der Waals surface area contributed by atoms with Crippen LogP contribution < -0.4 is 4.90 Å². The van der Waals surface area contributed by atoms with Crippen LogP contribution in [0.5, 0.6) is 0 Å². The highest BCUT2D eigenvalue weighted by Gasteiger charge is 2.20. The first kappa shape index (κ1) is 19.6. The van der Waals surface area contributed by atoms with Crippen molar-refractivity contribution >= 4 is 70.4 Å². The van der Waals surface area contributed by atoms with Gasteiger partial charge in [-0.1, -0.05) is 151 Å². The zero-order chi connectivity index (χ0) is 53.4. The summed E-state index contributed by atoms with van der Waals surface area (Å²) < 4.78 is 165. The van der Waals surface area contributed by atoms with Crippen molar-refractivity contribution in [2.45, 2.75) is 0 Å². The molecular weight excluding hydrogens is 709 g/mol. The summed E-state index contributed by atoms with van der Waals surface area (Å²) in [6.07, 6.45) is 0. The summed E-state index contributed by atoms with van der Waals surface area (Å²) in [6, 6.07) is 20.5. The Balaban J connectivity index is 1.22. The zero-order valence-electron chi connectivity index (χ0n) is 47.7. The van der Waals surface area contributed by atoms with Gasteiger partial charge in [-0.25, -0.2) is 0 Å². The van der Waals surface area contributed by atoms with Gasteiger partial charge in [-0.15, -0.1) is 11.3 Å². The fraction of sp³-hybridized carbons (Fsp3) is 0. The van der Waals surface area contributed by atoms with E-state index in [-0.39, 0.29) is 5.69 Å². The van der Waals surface area contributed by atoms with Gasteiger partial charge in [0.25, 0.3) is 0 Å². The topological polar surface area (TPSA) is 8.17 Å². The Hall–Kier alpha value is -7.20. The van der Waals surface area contributed by atoms with Gasteiger partial charge in [0.15, 0.2) is 0 Å². The van der Waals surface area contributed by atoms with Gasteiger partial charge in [-0.3, -0.25) is 0 Å². The minimum Gasteiger partial charge on any atom is -0.310 e. The van der Waals surface area contributed by atoms with Gasteiger partial charge in [0.05, 0.1) is 35.7 Å². The molecule has 57 heavy (non-hydrogen) atoms. The predicted molar refractivity (Wildman–Crippen MR) is 245 cm³/mol. The van der Waals surface area contributed by atoms with E-state index in [1.807, 2.05) is 84.9 Å². The quantitative estimate of drug-likeness (QED) is 0.157. The van der Waals surface area contributed by atoms with Gasteiger partial charge in [0.2, 0.25) is 0 Å². The van der Waals surface area contributed by atoms with Crippen molar-refractivity contribution in [3.8, 4) is 39.1 Å². The van der Waals surface area contributed by atoms with Crippen molar-refractivity contribution in [3.05, 3.63) is 218 Å². The number of thiophene rings is 1. The van der Waals surface area contributed by atoms with Crippen molar-refractivity contribution in [2.75, 3.05) is 4.90 Å². The second-order valence-electron chi connectivity index (χ2n) is 13.2. The first-order valence-electron chi connectivity index (χ1n) is 27.0. The summed E-state index contributed by atoms with van der Waals surface area (Å²) in [6.45, 7) is 0. The molecule has 3 heteroatoms. The standard InChI is InChI=1S/C54H36N2S/c1-3-13-37(14-4-1)39-23-29-42(30-24-39)55(43-31-25-40(26-32-43)38-15-5-2-6-16-38)45-35-49(54-50(36-45)48-19-9-12-22-53(48)57-54)41-27-33-44(34-28-41)56-51-20-10-7-17-46(51)47-18-8-11-21-52(47)56/h1-36H/i1D,2D,3D,4D,5D,6D,13D,14D,15D,16D,23D,24D,25D,26D,29D,30D,31D,32D. The maximum absolute atomic E-state index is 9.67. The van der Waals surface area contributed by atoms with Crippen LogP contribution >= 0.6 is 11.3 Å². The van der Waals surface area contributed by atoms with Crippen LogP contribution in [0.2, 0.25) is 0 Å². The van der Waals surface area contributed by atoms with Gasteiger partial charge < -0.3 is 9.47 Å². The first-order chi connectivity index (χ1) is 35.8. The molecule has 268 valence electrons. The number of aromatic nitrogens is 1. The van der Waals surface area contributed by atoms with Crippen molar-refractivity contribution in [2.24, 2.45) is 0 Å². The normalized spacial score (nSPS) is 15.9. The third-order valence-electron chi connectivity index (χ3n) is 9.91. The molecule has 0 aliphatic rings. The van der Waals surface area contributed by atoms with Crippen molar-refractivity contribution in [3.63, 3.8) is 0 Å². The Kier molecular flexibility index (Phi) is 4.75. The van der Waals surface area contributed by atoms with Gasteiger partial charge in [0.1, 0.15) is 0 Å². The van der Waals surface area contributed by atoms with Crippen molar-refractivity contribution < 1.29 is 24.7 Å². The van der Waals surface area contributed by atoms with E-state index in [1.54, 1.807) is 12.1 Å². The molecule has 0 bridgehead atoms. The van der Waals surface area contributed by atoms with Crippen LogP contribution in [0.25, 0.3) is 81.0 Å². The fourth-order valence-corrected chi connectivity index (χ4v) is 8.57. The van der Waals surface area contributed by atoms with E-state index < -0.39 is 142 Å². The number of fused-ring (bicyclic) bond motifs is 6. The lowest BCUT2D eigenvalue weighted by atomic mass is 9.99. The van der Waals surface area contributed by atoms with Crippen LogP contribution in [0.3, 0.4) is 0 Å². The molecule has 0 N–H and O–H groups in total. The Bertz CT molecular complexity index is 3990. The van der Waals surface area contributed by atoms with Crippen LogP contribution in [0.4, 0.5) is 17.1 Å². The molecule has 0 aliphatic heterocycles. The molecule has 11 aromatic rings. The molecule has 2 heterocycles. The summed E-state index contributed by atoms with van der Waals surface area (Å²) in [4.78, 5) is 1.07. The number of anilines is 3. The van der Waals surface area contributed by atoms with Crippen molar-refractivity contribution in [1.82, 2.24) is 4.57 Å². The maximum atomic E-state index is 9.67. The van der Waals surface area contributed by atoms with Crippen LogP contribution in [0.1, 0.15) is 24.7 Å². The molecule has 0 aliphatic carbocycles. The fourth-order valence-electron chi connectivity index (χ4n) is 7.35. The van der Waals surface area contributed by atoms with Crippen LogP contribution in [-0.4, -0.2) is 4.57 Å². The minimum atomic E-state index is -0.844. The van der Waals surface area contributed by atoms with Gasteiger partial charge in [0, 0.05) is 59.3 Å². The van der Waals surface area contributed by atoms with Gasteiger partial charge in [-0.2, -0.15) is 0 Å². The number of hydrogen-bond donors (Lipinski definition) is 0. The summed E-state index contributed by atoms with van der Waals surface area (Å²) >= 11 is 1.48. The largest absolute Gasteiger partial charge is 0.310 e. The molecule has 0 fully saturated rings. The highest BCUT2D eigenvalue weighted by molar-refractivity contribution is 7.26. The van der Waals surface area contributed by atoms with Gasteiger partial charge >= 0.3 is 0 Å². The second kappa shape index (κ2) is 13.8. The second-order valence-corrected chi connectivity index (χ2v) is 14.2. The van der Waals surface area contributed by atoms with E-state index >= 15 is 0 Å². The first-order valence-corrected chi connectivity index (χ1v) is 18.8. The minimum absolute atomic E-state index is 0.0419. The van der Waals surface area contributed by atoms with Crippen LogP contribution in [-0.2, 0) is 0 Å². The number of benzene rings is 9. The van der Waals surface area contributed by atoms with E-state index in [9.17, 15) is 11.0 Å². The number of hydrogen-bond acceptors (Lipinski definition) is 2. The van der Waals surface area contributed by atoms with E-state index in [1.165, 1.54) is 11.3 Å². The molecular formula is C54H36N2S. The predicted octanol–water partition coefficient (Wildman–Crippen LogP) is 15.6. The third-order valence-corrected chi connectivity index (χ3v) is 11.1. The van der Waals surface area contributed by atoms with E-state index in [4.69, 9.17) is 13.7 Å². The molecule has 2 nitrogen and oxygen atoms in total. The van der Waals surface area contributed by atoms with Crippen LogP contribution in [0.15, 0.2) is 218 Å². The Labute approximate surface area is 361 Å². The highest BCUT2D eigenvalue weighted by Crippen LogP contribution is 2.46. The van der Waals surface area contributed by atoms with Crippen molar-refractivity contribution in [1.29, 1.82) is 0 Å². The smallest absolute Gasteiger partial charge is 0.0645 e. The summed E-state index contributed by atoms with van der Waals surface area (Å²) in [5.41, 5.74) is 0.541. The molecule has 2 aromatic heterocycles. The molecule has 0 atom stereocenters. The van der Waals surface area contributed by atoms with E-state index in [2.05, 4.69) is 16.7 Å². The average Bonchev–Trinajstić information content (AvgIpc) is 3.97. The summed E-state index contributed by atoms with van der Waals surface area (Å²) in [5, 5.41) is 3.55. The Morgan fingerprint density at radius 3 is 1.46 bits per heavy atom. The average molecular weight is 763 g/mol. The molecule has 0 radical (unpaired) electrons. The third kappa shape index (κ3) is 5.80. The molecule has 11 rings (SSSR count). The van der Waals surface area contributed by atoms with E-state index in [0.717, 1.165) is 47.2 Å². The Morgan fingerprint density at radius 2 is 0.895 bits per heavy atom. The van der Waals surface area contributed by atoms with Crippen LogP contribution in [0, 0.1) is 0 Å². The maximum Gasteiger partial charge on any atom is 0.0645 e. The highest BCUT2D eigenvalue weighted by atomic mass is 32.1. The van der Waals surface area contributed by atoms with Gasteiger partial charge in [-0.05, 0) is 94.5 Å². The molecule has 0 saturated carbocycles. The number of para-hydroxylation sites is 2. The Morgan fingerprint density at radius 1 is 0.404 bits per heavy atom. The molecule has 9 aromatic carbocycles. The number of rotatable bonds is 7. The summed E-state index contributed by atoms with van der Waals surface area (Å²) in [5.74, 6) is 0. The summed E-state index contributed by atoms with van der Waals surface area (Å²) in [7, 11) is 0.